The minimum Gasteiger partial charge on any atom is -0.371 e. The third-order valence-corrected chi connectivity index (χ3v) is 4.32. The van der Waals surface area contributed by atoms with Crippen LogP contribution in [0.25, 0.3) is 0 Å². The Morgan fingerprint density at radius 2 is 1.95 bits per heavy atom. The summed E-state index contributed by atoms with van der Waals surface area (Å²) in [5, 5.41) is 3.49. The Kier molecular flexibility index (Phi) is 5.62. The molecule has 0 aliphatic carbocycles. The minimum atomic E-state index is -0.0942. The zero-order valence-corrected chi connectivity index (χ0v) is 13.4. The van der Waals surface area contributed by atoms with Crippen LogP contribution in [0.5, 0.6) is 0 Å². The van der Waals surface area contributed by atoms with Gasteiger partial charge in [-0.3, -0.25) is 4.79 Å². The topological polar surface area (TPSA) is 35.6 Å². The molecule has 1 unspecified atom stereocenters. The summed E-state index contributed by atoms with van der Waals surface area (Å²) in [6.07, 6.45) is 2.17. The highest BCUT2D eigenvalue weighted by molar-refractivity contribution is 5.81. The lowest BCUT2D eigenvalue weighted by atomic mass is 10.0. The van der Waals surface area contributed by atoms with Crippen molar-refractivity contribution in [2.24, 2.45) is 0 Å². The van der Waals surface area contributed by atoms with Gasteiger partial charge in [-0.2, -0.15) is 0 Å². The third-order valence-electron chi connectivity index (χ3n) is 4.32. The molecule has 21 heavy (non-hydrogen) atoms. The molecule has 0 radical (unpaired) electrons. The second-order valence-electron chi connectivity index (χ2n) is 5.84. The van der Waals surface area contributed by atoms with Gasteiger partial charge >= 0.3 is 0 Å². The summed E-state index contributed by atoms with van der Waals surface area (Å²) >= 11 is 0. The van der Waals surface area contributed by atoms with E-state index in [0.29, 0.717) is 6.04 Å². The van der Waals surface area contributed by atoms with E-state index in [0.717, 1.165) is 32.5 Å². The Balaban J connectivity index is 1.80. The number of hydrogen-bond acceptors (Lipinski definition) is 3. The van der Waals surface area contributed by atoms with E-state index < -0.39 is 0 Å². The Labute approximate surface area is 128 Å². The van der Waals surface area contributed by atoms with Crippen LogP contribution in [0.3, 0.4) is 0 Å². The highest BCUT2D eigenvalue weighted by Gasteiger charge is 2.24. The van der Waals surface area contributed by atoms with Crippen LogP contribution in [0.2, 0.25) is 0 Å². The van der Waals surface area contributed by atoms with Crippen LogP contribution in [-0.4, -0.2) is 49.6 Å². The summed E-state index contributed by atoms with van der Waals surface area (Å²) in [4.78, 5) is 16.3. The second-order valence-corrected chi connectivity index (χ2v) is 5.84. The maximum atomic E-state index is 12.1. The number of carbonyl (C=O) groups is 1. The molecule has 1 heterocycles. The first kappa shape index (κ1) is 15.8. The molecule has 1 saturated heterocycles. The summed E-state index contributed by atoms with van der Waals surface area (Å²) in [5.41, 5.74) is 1.30. The zero-order chi connectivity index (χ0) is 15.2. The van der Waals surface area contributed by atoms with Crippen molar-refractivity contribution in [3.8, 4) is 0 Å². The van der Waals surface area contributed by atoms with E-state index in [1.165, 1.54) is 5.69 Å². The highest BCUT2D eigenvalue weighted by Crippen LogP contribution is 2.19. The molecule has 4 nitrogen and oxygen atoms in total. The van der Waals surface area contributed by atoms with Gasteiger partial charge in [0.05, 0.1) is 6.04 Å². The van der Waals surface area contributed by atoms with Gasteiger partial charge in [0.2, 0.25) is 5.91 Å². The van der Waals surface area contributed by atoms with Gasteiger partial charge in [-0.05, 0) is 38.8 Å². The number of nitrogens with one attached hydrogen (secondary N) is 1. The average Bonchev–Trinajstić information content (AvgIpc) is 2.54. The molecule has 1 amide bonds. The molecule has 0 saturated carbocycles. The molecular formula is C17H27N3O. The van der Waals surface area contributed by atoms with Crippen molar-refractivity contribution in [1.82, 2.24) is 10.2 Å². The number of nitrogens with zero attached hydrogens (tertiary/aromatic N) is 2. The van der Waals surface area contributed by atoms with Crippen LogP contribution in [-0.2, 0) is 4.79 Å². The largest absolute Gasteiger partial charge is 0.371 e. The first-order valence-electron chi connectivity index (χ1n) is 7.92. The van der Waals surface area contributed by atoms with Crippen molar-refractivity contribution >= 4 is 11.6 Å². The van der Waals surface area contributed by atoms with Crippen molar-refractivity contribution in [3.05, 3.63) is 30.3 Å². The summed E-state index contributed by atoms with van der Waals surface area (Å²) in [6, 6.07) is 10.9. The first-order valence-corrected chi connectivity index (χ1v) is 7.92. The molecule has 116 valence electrons. The van der Waals surface area contributed by atoms with Gasteiger partial charge in [0, 0.05) is 38.4 Å². The lowest BCUT2D eigenvalue weighted by molar-refractivity contribution is -0.131. The molecular weight excluding hydrogens is 262 g/mol. The summed E-state index contributed by atoms with van der Waals surface area (Å²) in [7, 11) is 1.86. The number of rotatable bonds is 5. The Bertz CT molecular complexity index is 441. The van der Waals surface area contributed by atoms with E-state index in [1.807, 2.05) is 20.9 Å². The van der Waals surface area contributed by atoms with E-state index >= 15 is 0 Å². The fourth-order valence-electron chi connectivity index (χ4n) is 2.85. The molecule has 1 fully saturated rings. The van der Waals surface area contributed by atoms with Crippen LogP contribution in [0.1, 0.15) is 26.7 Å². The van der Waals surface area contributed by atoms with Crippen LogP contribution in [0, 0.1) is 0 Å². The Morgan fingerprint density at radius 3 is 2.52 bits per heavy atom. The summed E-state index contributed by atoms with van der Waals surface area (Å²) in [6.45, 7) is 6.83. The predicted octanol–water partition coefficient (Wildman–Crippen LogP) is 2.11. The predicted molar refractivity (Wildman–Crippen MR) is 87.6 cm³/mol. The average molecular weight is 289 g/mol. The summed E-state index contributed by atoms with van der Waals surface area (Å²) in [5.74, 6) is 0.183. The number of para-hydroxylation sites is 1. The molecule has 1 aliphatic rings. The van der Waals surface area contributed by atoms with Gasteiger partial charge in [-0.25, -0.2) is 0 Å². The van der Waals surface area contributed by atoms with Crippen molar-refractivity contribution < 1.29 is 4.79 Å². The number of carbonyl (C=O) groups excluding carboxylic acids is 1. The van der Waals surface area contributed by atoms with E-state index in [9.17, 15) is 4.79 Å². The molecule has 1 aromatic carbocycles. The van der Waals surface area contributed by atoms with Crippen LogP contribution < -0.4 is 10.2 Å². The van der Waals surface area contributed by atoms with Crippen LogP contribution in [0.15, 0.2) is 30.3 Å². The lowest BCUT2D eigenvalue weighted by Gasteiger charge is -2.35. The van der Waals surface area contributed by atoms with Crippen molar-refractivity contribution in [1.29, 1.82) is 0 Å². The number of likely N-dealkylation sites (N-methyl/N-ethyl adjacent to an activating group) is 1. The standard InChI is InChI=1S/C17H27N3O/c1-4-19(3)17(21)14(2)18-15-10-12-20(13-11-15)16-8-6-5-7-9-16/h5-9,14-15,18H,4,10-13H2,1-3H3. The minimum absolute atomic E-state index is 0.0942. The van der Waals surface area contributed by atoms with E-state index in [1.54, 1.807) is 4.90 Å². The van der Waals surface area contributed by atoms with Gasteiger partial charge in [0.25, 0.3) is 0 Å². The van der Waals surface area contributed by atoms with Crippen LogP contribution >= 0.6 is 0 Å². The number of amides is 1. The third kappa shape index (κ3) is 4.21. The van der Waals surface area contributed by atoms with Crippen molar-refractivity contribution in [3.63, 3.8) is 0 Å². The monoisotopic (exact) mass is 289 g/mol. The van der Waals surface area contributed by atoms with E-state index in [-0.39, 0.29) is 11.9 Å². The van der Waals surface area contributed by atoms with Gasteiger partial charge < -0.3 is 15.1 Å². The molecule has 0 spiro atoms. The van der Waals surface area contributed by atoms with Gasteiger partial charge in [0.15, 0.2) is 0 Å². The van der Waals surface area contributed by atoms with Gasteiger partial charge in [-0.15, -0.1) is 0 Å². The molecule has 1 atom stereocenters. The molecule has 0 bridgehead atoms. The molecule has 1 aromatic rings. The van der Waals surface area contributed by atoms with Crippen LogP contribution in [0.4, 0.5) is 5.69 Å². The number of piperidine rings is 1. The SMILES string of the molecule is CCN(C)C(=O)C(C)NC1CCN(c2ccccc2)CC1. The number of benzene rings is 1. The van der Waals surface area contributed by atoms with Crippen molar-refractivity contribution in [2.75, 3.05) is 31.6 Å². The Hall–Kier alpha value is -1.55. The number of anilines is 1. The number of hydrogen-bond donors (Lipinski definition) is 1. The van der Waals surface area contributed by atoms with E-state index in [4.69, 9.17) is 0 Å². The van der Waals surface area contributed by atoms with Crippen molar-refractivity contribution in [2.45, 2.75) is 38.8 Å². The maximum absolute atomic E-state index is 12.1. The lowest BCUT2D eigenvalue weighted by Crippen LogP contribution is -2.50. The fraction of sp³-hybridized carbons (Fsp3) is 0.588. The summed E-state index contributed by atoms with van der Waals surface area (Å²) < 4.78 is 0. The Morgan fingerprint density at radius 1 is 1.33 bits per heavy atom. The molecule has 4 heteroatoms. The van der Waals surface area contributed by atoms with Gasteiger partial charge in [0.1, 0.15) is 0 Å². The normalized spacial score (nSPS) is 17.6. The molecule has 0 aromatic heterocycles. The molecule has 2 rings (SSSR count). The molecule has 1 N–H and O–H groups in total. The van der Waals surface area contributed by atoms with Gasteiger partial charge in [-0.1, -0.05) is 18.2 Å². The quantitative estimate of drug-likeness (QED) is 0.902. The zero-order valence-electron chi connectivity index (χ0n) is 13.4. The maximum Gasteiger partial charge on any atom is 0.239 e. The molecule has 1 aliphatic heterocycles. The fourth-order valence-corrected chi connectivity index (χ4v) is 2.85. The smallest absolute Gasteiger partial charge is 0.239 e. The first-order chi connectivity index (χ1) is 10.1. The van der Waals surface area contributed by atoms with E-state index in [2.05, 4.69) is 40.5 Å². The highest BCUT2D eigenvalue weighted by atomic mass is 16.2. The second kappa shape index (κ2) is 7.46.